The summed E-state index contributed by atoms with van der Waals surface area (Å²) < 4.78 is 5.46. The Bertz CT molecular complexity index is 860. The molecule has 0 fully saturated rings. The predicted molar refractivity (Wildman–Crippen MR) is 126 cm³/mol. The first kappa shape index (κ1) is 23.0. The molecule has 3 rings (SSSR count). The standard InChI is InChI=1S/C22H30BrN3O3S/c1-14(2)29-21(27)19-17-6-4-5-7-18(17)30-20(19)25-22(28)24-13-16(12-23)15-8-10-26(3)11-9-15/h8,12,14H,4-7,9-11,13H2,1-3H3,(H2,24,25,28)/b16-12+. The number of esters is 1. The number of anilines is 1. The summed E-state index contributed by atoms with van der Waals surface area (Å²) in [6.45, 7) is 6.01. The van der Waals surface area contributed by atoms with Gasteiger partial charge in [-0.3, -0.25) is 5.32 Å². The Labute approximate surface area is 190 Å². The number of urea groups is 1. The van der Waals surface area contributed by atoms with Gasteiger partial charge in [0.05, 0.1) is 11.7 Å². The lowest BCUT2D eigenvalue weighted by atomic mass is 9.95. The Balaban J connectivity index is 1.69. The van der Waals surface area contributed by atoms with E-state index in [9.17, 15) is 9.59 Å². The van der Waals surface area contributed by atoms with Crippen LogP contribution in [0.3, 0.4) is 0 Å². The van der Waals surface area contributed by atoms with Gasteiger partial charge in [0, 0.05) is 24.5 Å². The maximum absolute atomic E-state index is 12.7. The number of fused-ring (bicyclic) bond motifs is 1. The second kappa shape index (κ2) is 10.6. The van der Waals surface area contributed by atoms with Crippen LogP contribution in [0, 0.1) is 0 Å². The van der Waals surface area contributed by atoms with Gasteiger partial charge in [-0.25, -0.2) is 9.59 Å². The number of thiophene rings is 1. The van der Waals surface area contributed by atoms with Crippen LogP contribution < -0.4 is 10.6 Å². The molecule has 0 aromatic carbocycles. The Hall–Kier alpha value is -1.64. The molecule has 0 bridgehead atoms. The molecule has 1 aromatic heterocycles. The minimum Gasteiger partial charge on any atom is -0.459 e. The average Bonchev–Trinajstić information content (AvgIpc) is 3.07. The van der Waals surface area contributed by atoms with E-state index in [0.29, 0.717) is 17.1 Å². The highest BCUT2D eigenvalue weighted by molar-refractivity contribution is 9.11. The first-order valence-electron chi connectivity index (χ1n) is 10.5. The van der Waals surface area contributed by atoms with Crippen molar-refractivity contribution in [2.24, 2.45) is 0 Å². The number of nitrogens with one attached hydrogen (secondary N) is 2. The van der Waals surface area contributed by atoms with Crippen molar-refractivity contribution in [3.05, 3.63) is 38.2 Å². The third-order valence-corrected chi connectivity index (χ3v) is 7.10. The van der Waals surface area contributed by atoms with E-state index in [-0.39, 0.29) is 18.1 Å². The van der Waals surface area contributed by atoms with E-state index in [0.717, 1.165) is 56.3 Å². The van der Waals surface area contributed by atoms with Crippen LogP contribution in [0.1, 0.15) is 53.9 Å². The monoisotopic (exact) mass is 495 g/mol. The van der Waals surface area contributed by atoms with Gasteiger partial charge in [-0.05, 0) is 74.7 Å². The fourth-order valence-corrected chi connectivity index (χ4v) is 5.48. The van der Waals surface area contributed by atoms with E-state index in [1.807, 2.05) is 18.8 Å². The molecule has 8 heteroatoms. The quantitative estimate of drug-likeness (QED) is 0.553. The summed E-state index contributed by atoms with van der Waals surface area (Å²) in [6, 6.07) is -0.312. The highest BCUT2D eigenvalue weighted by Crippen LogP contribution is 2.38. The van der Waals surface area contributed by atoms with Crippen molar-refractivity contribution >= 4 is 44.3 Å². The van der Waals surface area contributed by atoms with Crippen LogP contribution in [0.4, 0.5) is 9.80 Å². The Morgan fingerprint density at radius 1 is 1.30 bits per heavy atom. The number of aryl methyl sites for hydroxylation is 1. The first-order valence-corrected chi connectivity index (χ1v) is 12.2. The molecule has 2 aliphatic rings. The van der Waals surface area contributed by atoms with E-state index < -0.39 is 0 Å². The Kier molecular flexibility index (Phi) is 8.13. The van der Waals surface area contributed by atoms with Gasteiger partial charge in [0.25, 0.3) is 0 Å². The van der Waals surface area contributed by atoms with Crippen LogP contribution in [0.5, 0.6) is 0 Å². The summed E-state index contributed by atoms with van der Waals surface area (Å²) in [5.41, 5.74) is 3.89. The third kappa shape index (κ3) is 5.74. The number of likely N-dealkylation sites (N-methyl/N-ethyl adjacent to an activating group) is 1. The number of nitrogens with zero attached hydrogens (tertiary/aromatic N) is 1. The molecule has 1 aliphatic carbocycles. The molecular weight excluding hydrogens is 466 g/mol. The summed E-state index contributed by atoms with van der Waals surface area (Å²) in [7, 11) is 2.10. The molecule has 2 amide bonds. The topological polar surface area (TPSA) is 70.7 Å². The maximum Gasteiger partial charge on any atom is 0.341 e. The van der Waals surface area contributed by atoms with E-state index in [2.05, 4.69) is 44.6 Å². The molecule has 0 radical (unpaired) electrons. The largest absolute Gasteiger partial charge is 0.459 e. The van der Waals surface area contributed by atoms with Crippen molar-refractivity contribution in [2.75, 3.05) is 32.0 Å². The molecule has 1 aromatic rings. The van der Waals surface area contributed by atoms with Crippen LogP contribution in [0.15, 0.2) is 22.2 Å². The molecule has 6 nitrogen and oxygen atoms in total. The van der Waals surface area contributed by atoms with Crippen LogP contribution in [0.25, 0.3) is 0 Å². The summed E-state index contributed by atoms with van der Waals surface area (Å²) in [6.07, 6.45) is 6.93. The normalized spacial score (nSPS) is 17.4. The zero-order valence-electron chi connectivity index (χ0n) is 17.8. The zero-order valence-corrected chi connectivity index (χ0v) is 20.2. The van der Waals surface area contributed by atoms with Crippen molar-refractivity contribution in [1.82, 2.24) is 10.2 Å². The highest BCUT2D eigenvalue weighted by atomic mass is 79.9. The zero-order chi connectivity index (χ0) is 21.7. The smallest absolute Gasteiger partial charge is 0.341 e. The molecule has 0 saturated carbocycles. The molecule has 1 aliphatic heterocycles. The van der Waals surface area contributed by atoms with Crippen molar-refractivity contribution in [1.29, 1.82) is 0 Å². The predicted octanol–water partition coefficient (Wildman–Crippen LogP) is 4.85. The molecule has 0 unspecified atom stereocenters. The number of carbonyl (C=O) groups excluding carboxylic acids is 2. The average molecular weight is 496 g/mol. The van der Waals surface area contributed by atoms with Crippen LogP contribution in [-0.4, -0.2) is 49.7 Å². The third-order valence-electron chi connectivity index (χ3n) is 5.34. The number of amides is 2. The van der Waals surface area contributed by atoms with Gasteiger partial charge in [-0.2, -0.15) is 0 Å². The van der Waals surface area contributed by atoms with Crippen LogP contribution in [-0.2, 0) is 17.6 Å². The summed E-state index contributed by atoms with van der Waals surface area (Å²) in [5.74, 6) is -0.350. The highest BCUT2D eigenvalue weighted by Gasteiger charge is 2.28. The second-order valence-corrected chi connectivity index (χ2v) is 9.62. The second-order valence-electron chi connectivity index (χ2n) is 8.05. The summed E-state index contributed by atoms with van der Waals surface area (Å²) >= 11 is 4.93. The molecule has 2 heterocycles. The minimum atomic E-state index is -0.350. The molecule has 164 valence electrons. The van der Waals surface area contributed by atoms with E-state index in [1.165, 1.54) is 21.8 Å². The molecular formula is C22H30BrN3O3S. The van der Waals surface area contributed by atoms with Crippen molar-refractivity contribution in [2.45, 2.75) is 52.1 Å². The number of halogens is 1. The Morgan fingerprint density at radius 3 is 2.73 bits per heavy atom. The first-order chi connectivity index (χ1) is 14.4. The number of hydrogen-bond acceptors (Lipinski definition) is 5. The van der Waals surface area contributed by atoms with Gasteiger partial charge in [-0.15, -0.1) is 11.3 Å². The van der Waals surface area contributed by atoms with Gasteiger partial charge in [0.15, 0.2) is 0 Å². The number of ether oxygens (including phenoxy) is 1. The Morgan fingerprint density at radius 2 is 2.07 bits per heavy atom. The van der Waals surface area contributed by atoms with Crippen molar-refractivity contribution in [3.8, 4) is 0 Å². The van der Waals surface area contributed by atoms with Crippen LogP contribution in [0.2, 0.25) is 0 Å². The molecule has 0 atom stereocenters. The molecule has 2 N–H and O–H groups in total. The lowest BCUT2D eigenvalue weighted by Crippen LogP contribution is -2.32. The molecule has 0 saturated heterocycles. The minimum absolute atomic E-state index is 0.201. The van der Waals surface area contributed by atoms with Crippen molar-refractivity contribution < 1.29 is 14.3 Å². The van der Waals surface area contributed by atoms with Gasteiger partial charge >= 0.3 is 12.0 Å². The fraction of sp³-hybridized carbons (Fsp3) is 0.545. The van der Waals surface area contributed by atoms with Crippen molar-refractivity contribution in [3.63, 3.8) is 0 Å². The fourth-order valence-electron chi connectivity index (χ4n) is 3.75. The van der Waals surface area contributed by atoms with Gasteiger partial charge in [-0.1, -0.05) is 22.0 Å². The van der Waals surface area contributed by atoms with Crippen LogP contribution >= 0.6 is 27.3 Å². The molecule has 30 heavy (non-hydrogen) atoms. The maximum atomic E-state index is 12.7. The van der Waals surface area contributed by atoms with E-state index >= 15 is 0 Å². The van der Waals surface area contributed by atoms with E-state index in [1.54, 1.807) is 0 Å². The lowest BCUT2D eigenvalue weighted by Gasteiger charge is -2.23. The lowest BCUT2D eigenvalue weighted by molar-refractivity contribution is 0.0378. The van der Waals surface area contributed by atoms with Gasteiger partial charge in [0.2, 0.25) is 0 Å². The van der Waals surface area contributed by atoms with E-state index in [4.69, 9.17) is 4.74 Å². The SMILES string of the molecule is CC(C)OC(=O)c1c(NC(=O)NC/C(=C\Br)C2=CCN(C)CC2)sc2c1CCCC2. The molecule has 0 spiro atoms. The number of carbonyl (C=O) groups is 2. The number of rotatable bonds is 6. The van der Waals surface area contributed by atoms with Gasteiger partial charge in [0.1, 0.15) is 5.00 Å². The number of hydrogen-bond donors (Lipinski definition) is 2. The summed E-state index contributed by atoms with van der Waals surface area (Å²) in [5, 5.41) is 6.43. The van der Waals surface area contributed by atoms with Gasteiger partial charge < -0.3 is 15.0 Å². The summed E-state index contributed by atoms with van der Waals surface area (Å²) in [4.78, 5) is 30.7.